The average molecular weight is 290 g/mol. The summed E-state index contributed by atoms with van der Waals surface area (Å²) in [6, 6.07) is 7.07. The predicted molar refractivity (Wildman–Crippen MR) is 75.4 cm³/mol. The lowest BCUT2D eigenvalue weighted by molar-refractivity contribution is -0.116. The van der Waals surface area contributed by atoms with Crippen LogP contribution in [0.1, 0.15) is 16.1 Å². The minimum Gasteiger partial charge on any atom is -0.459 e. The molecule has 0 aliphatic heterocycles. The van der Waals surface area contributed by atoms with Crippen molar-refractivity contribution in [3.8, 4) is 0 Å². The third-order valence-electron chi connectivity index (χ3n) is 2.91. The Morgan fingerprint density at radius 3 is 2.48 bits per heavy atom. The second-order valence-corrected chi connectivity index (χ2v) is 4.65. The molecule has 0 saturated carbocycles. The molecule has 2 aromatic rings. The quantitative estimate of drug-likeness (QED) is 0.940. The number of nitrogens with one attached hydrogen (secondary N) is 1. The van der Waals surface area contributed by atoms with Crippen molar-refractivity contribution in [3.05, 3.63) is 53.7 Å². The van der Waals surface area contributed by atoms with E-state index >= 15 is 0 Å². The molecular weight excluding hydrogens is 275 g/mol. The van der Waals surface area contributed by atoms with E-state index in [4.69, 9.17) is 4.42 Å². The largest absolute Gasteiger partial charge is 0.459 e. The molecular formula is C15H15FN2O3. The van der Waals surface area contributed by atoms with Crippen molar-refractivity contribution < 1.29 is 18.4 Å². The summed E-state index contributed by atoms with van der Waals surface area (Å²) in [5.74, 6) is -0.908. The minimum absolute atomic E-state index is 0.129. The molecule has 0 radical (unpaired) electrons. The Balaban J connectivity index is 1.94. The van der Waals surface area contributed by atoms with Crippen molar-refractivity contribution in [2.75, 3.05) is 18.9 Å². The lowest BCUT2D eigenvalue weighted by atomic mass is 10.2. The first-order valence-electron chi connectivity index (χ1n) is 6.32. The van der Waals surface area contributed by atoms with Gasteiger partial charge in [-0.05, 0) is 37.3 Å². The summed E-state index contributed by atoms with van der Waals surface area (Å²) in [5.41, 5.74) is 1.18. The molecule has 0 aliphatic carbocycles. The highest BCUT2D eigenvalue weighted by atomic mass is 19.1. The number of benzene rings is 1. The number of aryl methyl sites for hydroxylation is 1. The van der Waals surface area contributed by atoms with Gasteiger partial charge in [0.2, 0.25) is 5.91 Å². The maximum Gasteiger partial charge on any atom is 0.290 e. The number of nitrogens with zero attached hydrogens (tertiary/aromatic N) is 1. The summed E-state index contributed by atoms with van der Waals surface area (Å²) in [6.07, 6.45) is 1.43. The van der Waals surface area contributed by atoms with Crippen LogP contribution < -0.4 is 5.32 Å². The number of furan rings is 1. The molecule has 6 heteroatoms. The van der Waals surface area contributed by atoms with Crippen molar-refractivity contribution in [2.24, 2.45) is 0 Å². The number of likely N-dealkylation sites (N-methyl/N-ethyl adjacent to an activating group) is 1. The van der Waals surface area contributed by atoms with Crippen LogP contribution in [0.3, 0.4) is 0 Å². The van der Waals surface area contributed by atoms with Crippen LogP contribution in [0.25, 0.3) is 0 Å². The van der Waals surface area contributed by atoms with Crippen LogP contribution in [0.15, 0.2) is 41.0 Å². The molecule has 2 rings (SSSR count). The summed E-state index contributed by atoms with van der Waals surface area (Å²) in [6.45, 7) is 1.62. The van der Waals surface area contributed by atoms with Crippen LogP contribution in [-0.4, -0.2) is 30.3 Å². The summed E-state index contributed by atoms with van der Waals surface area (Å²) >= 11 is 0. The second kappa shape index (κ2) is 6.21. The number of rotatable bonds is 4. The van der Waals surface area contributed by atoms with E-state index in [-0.39, 0.29) is 29.9 Å². The summed E-state index contributed by atoms with van der Waals surface area (Å²) in [4.78, 5) is 25.2. The van der Waals surface area contributed by atoms with E-state index in [0.717, 1.165) is 0 Å². The summed E-state index contributed by atoms with van der Waals surface area (Å²) < 4.78 is 17.9. The Hall–Kier alpha value is -2.63. The topological polar surface area (TPSA) is 62.6 Å². The molecule has 2 amide bonds. The van der Waals surface area contributed by atoms with Crippen molar-refractivity contribution >= 4 is 17.5 Å². The fourth-order valence-corrected chi connectivity index (χ4v) is 1.79. The molecule has 0 unspecified atom stereocenters. The standard InChI is InChI=1S/C15H15FN2O3/c1-10-7-8-21-14(10)15(20)18(2)9-13(19)17-12-5-3-11(16)4-6-12/h3-8H,9H2,1-2H3,(H,17,19). The number of amides is 2. The molecule has 0 aliphatic rings. The molecule has 0 fully saturated rings. The van der Waals surface area contributed by atoms with Gasteiger partial charge in [0.25, 0.3) is 5.91 Å². The van der Waals surface area contributed by atoms with Gasteiger partial charge in [0, 0.05) is 18.3 Å². The Bertz CT molecular complexity index is 649. The predicted octanol–water partition coefficient (Wildman–Crippen LogP) is 2.44. The average Bonchev–Trinajstić information content (AvgIpc) is 2.86. The third-order valence-corrected chi connectivity index (χ3v) is 2.91. The lowest BCUT2D eigenvalue weighted by Crippen LogP contribution is -2.35. The van der Waals surface area contributed by atoms with Crippen LogP contribution in [0, 0.1) is 12.7 Å². The van der Waals surface area contributed by atoms with E-state index in [1.54, 1.807) is 13.0 Å². The molecule has 1 aromatic carbocycles. The molecule has 1 heterocycles. The SMILES string of the molecule is Cc1ccoc1C(=O)N(C)CC(=O)Nc1ccc(F)cc1. The first-order valence-corrected chi connectivity index (χ1v) is 6.32. The number of anilines is 1. The number of carbonyl (C=O) groups excluding carboxylic acids is 2. The maximum atomic E-state index is 12.8. The number of hydrogen-bond donors (Lipinski definition) is 1. The van der Waals surface area contributed by atoms with Gasteiger partial charge in [0.15, 0.2) is 5.76 Å². The van der Waals surface area contributed by atoms with E-state index < -0.39 is 0 Å². The molecule has 21 heavy (non-hydrogen) atoms. The second-order valence-electron chi connectivity index (χ2n) is 4.65. The zero-order valence-corrected chi connectivity index (χ0v) is 11.7. The first kappa shape index (κ1) is 14.8. The van der Waals surface area contributed by atoms with Crippen molar-refractivity contribution in [1.82, 2.24) is 4.90 Å². The van der Waals surface area contributed by atoms with E-state index in [2.05, 4.69) is 5.32 Å². The number of hydrogen-bond acceptors (Lipinski definition) is 3. The molecule has 110 valence electrons. The zero-order valence-electron chi connectivity index (χ0n) is 11.7. The van der Waals surface area contributed by atoms with Crippen molar-refractivity contribution in [2.45, 2.75) is 6.92 Å². The van der Waals surface area contributed by atoms with E-state index in [1.807, 2.05) is 0 Å². The Labute approximate surface area is 121 Å². The number of halogens is 1. The first-order chi connectivity index (χ1) is 9.97. The highest BCUT2D eigenvalue weighted by Crippen LogP contribution is 2.12. The highest BCUT2D eigenvalue weighted by Gasteiger charge is 2.19. The van der Waals surface area contributed by atoms with Gasteiger partial charge >= 0.3 is 0 Å². The third kappa shape index (κ3) is 3.68. The fourth-order valence-electron chi connectivity index (χ4n) is 1.79. The molecule has 0 saturated heterocycles. The zero-order chi connectivity index (χ0) is 15.4. The van der Waals surface area contributed by atoms with Gasteiger partial charge in [-0.15, -0.1) is 0 Å². The van der Waals surface area contributed by atoms with Gasteiger partial charge in [0.1, 0.15) is 5.82 Å². The maximum absolute atomic E-state index is 12.8. The van der Waals surface area contributed by atoms with E-state index in [9.17, 15) is 14.0 Å². The van der Waals surface area contributed by atoms with Crippen LogP contribution in [0.5, 0.6) is 0 Å². The van der Waals surface area contributed by atoms with Gasteiger partial charge in [-0.25, -0.2) is 4.39 Å². The van der Waals surface area contributed by atoms with Crippen LogP contribution >= 0.6 is 0 Å². The van der Waals surface area contributed by atoms with E-state index in [1.165, 1.54) is 42.5 Å². The summed E-state index contributed by atoms with van der Waals surface area (Å²) in [7, 11) is 1.51. The van der Waals surface area contributed by atoms with Crippen molar-refractivity contribution in [1.29, 1.82) is 0 Å². The van der Waals surface area contributed by atoms with Gasteiger partial charge in [-0.2, -0.15) is 0 Å². The van der Waals surface area contributed by atoms with Gasteiger partial charge in [-0.3, -0.25) is 9.59 Å². The normalized spacial score (nSPS) is 10.2. The Kier molecular flexibility index (Phi) is 4.37. The van der Waals surface area contributed by atoms with Crippen LogP contribution in [0.2, 0.25) is 0 Å². The molecule has 0 spiro atoms. The number of carbonyl (C=O) groups is 2. The molecule has 5 nitrogen and oxygen atoms in total. The summed E-state index contributed by atoms with van der Waals surface area (Å²) in [5, 5.41) is 2.58. The van der Waals surface area contributed by atoms with Gasteiger partial charge in [0.05, 0.1) is 12.8 Å². The van der Waals surface area contributed by atoms with Crippen LogP contribution in [-0.2, 0) is 4.79 Å². The van der Waals surface area contributed by atoms with Crippen molar-refractivity contribution in [3.63, 3.8) is 0 Å². The van der Waals surface area contributed by atoms with Gasteiger partial charge < -0.3 is 14.6 Å². The lowest BCUT2D eigenvalue weighted by Gasteiger charge is -2.15. The fraction of sp³-hybridized carbons (Fsp3) is 0.200. The Morgan fingerprint density at radius 2 is 1.90 bits per heavy atom. The highest BCUT2D eigenvalue weighted by molar-refractivity contribution is 5.98. The van der Waals surface area contributed by atoms with E-state index in [0.29, 0.717) is 11.3 Å². The van der Waals surface area contributed by atoms with Crippen LogP contribution in [0.4, 0.5) is 10.1 Å². The molecule has 0 atom stereocenters. The molecule has 1 N–H and O–H groups in total. The molecule has 0 bridgehead atoms. The van der Waals surface area contributed by atoms with Gasteiger partial charge in [-0.1, -0.05) is 0 Å². The monoisotopic (exact) mass is 290 g/mol. The Morgan fingerprint density at radius 1 is 1.24 bits per heavy atom. The smallest absolute Gasteiger partial charge is 0.290 e. The molecule has 1 aromatic heterocycles. The minimum atomic E-state index is -0.381.